The van der Waals surface area contributed by atoms with Gasteiger partial charge in [0.15, 0.2) is 0 Å². The van der Waals surface area contributed by atoms with Gasteiger partial charge in [-0.15, -0.1) is 0 Å². The van der Waals surface area contributed by atoms with E-state index in [1.54, 1.807) is 72.8 Å². The van der Waals surface area contributed by atoms with Crippen molar-refractivity contribution in [3.63, 3.8) is 0 Å². The summed E-state index contributed by atoms with van der Waals surface area (Å²) in [4.78, 5) is 25.0. The third-order valence-corrected chi connectivity index (χ3v) is 5.85. The van der Waals surface area contributed by atoms with Crippen LogP contribution < -0.4 is 10.9 Å². The van der Waals surface area contributed by atoms with Crippen LogP contribution in [0.25, 0.3) is 39.5 Å². The summed E-state index contributed by atoms with van der Waals surface area (Å²) in [5, 5.41) is 4.62. The van der Waals surface area contributed by atoms with Crippen molar-refractivity contribution in [3.05, 3.63) is 117 Å². The zero-order chi connectivity index (χ0) is 24.4. The highest BCUT2D eigenvalue weighted by Gasteiger charge is 2.10. The molecule has 0 spiro atoms. The number of hydrogen-bond donors (Lipinski definition) is 1. The molecule has 0 saturated carbocycles. The van der Waals surface area contributed by atoms with Gasteiger partial charge in [0, 0.05) is 27.7 Å². The first-order valence-electron chi connectivity index (χ1n) is 10.6. The number of hydrogen-bond acceptors (Lipinski definition) is 4. The number of halogens is 2. The molecule has 35 heavy (non-hydrogen) atoms. The first-order valence-corrected chi connectivity index (χ1v) is 11.4. The molecule has 0 atom stereocenters. The SMILES string of the molecule is O=C(/C=C/c1ccc(-c2ccc(Cl)cc2Cl)o1)Nc1cccc(-c2cc3ccccc3oc2=O)c1. The van der Waals surface area contributed by atoms with Gasteiger partial charge in [0.05, 0.1) is 10.6 Å². The third-order valence-electron chi connectivity index (χ3n) is 5.30. The number of fused-ring (bicyclic) bond motifs is 1. The summed E-state index contributed by atoms with van der Waals surface area (Å²) in [6.45, 7) is 0. The number of amides is 1. The van der Waals surface area contributed by atoms with Gasteiger partial charge < -0.3 is 14.2 Å². The van der Waals surface area contributed by atoms with Crippen molar-refractivity contribution in [2.45, 2.75) is 0 Å². The van der Waals surface area contributed by atoms with Gasteiger partial charge in [-0.1, -0.05) is 53.5 Å². The largest absolute Gasteiger partial charge is 0.457 e. The second kappa shape index (κ2) is 9.66. The van der Waals surface area contributed by atoms with Gasteiger partial charge in [-0.05, 0) is 66.2 Å². The van der Waals surface area contributed by atoms with Gasteiger partial charge >= 0.3 is 5.63 Å². The monoisotopic (exact) mass is 501 g/mol. The second-order valence-corrected chi connectivity index (χ2v) is 8.56. The Morgan fingerprint density at radius 2 is 1.69 bits per heavy atom. The Kier molecular flexibility index (Phi) is 6.27. The first kappa shape index (κ1) is 22.7. The summed E-state index contributed by atoms with van der Waals surface area (Å²) >= 11 is 12.2. The Labute approximate surface area is 210 Å². The molecule has 0 saturated heterocycles. The average molecular weight is 502 g/mol. The van der Waals surface area contributed by atoms with Crippen molar-refractivity contribution in [1.29, 1.82) is 0 Å². The summed E-state index contributed by atoms with van der Waals surface area (Å²) in [5.74, 6) is 0.701. The van der Waals surface area contributed by atoms with Crippen LogP contribution in [0.2, 0.25) is 10.0 Å². The average Bonchev–Trinajstić information content (AvgIpc) is 3.31. The molecule has 2 heterocycles. The normalized spacial score (nSPS) is 11.3. The quantitative estimate of drug-likeness (QED) is 0.198. The summed E-state index contributed by atoms with van der Waals surface area (Å²) < 4.78 is 11.2. The molecule has 5 nitrogen and oxygen atoms in total. The third kappa shape index (κ3) is 5.06. The predicted molar refractivity (Wildman–Crippen MR) is 140 cm³/mol. The lowest BCUT2D eigenvalue weighted by Crippen LogP contribution is -2.08. The Morgan fingerprint density at radius 1 is 0.829 bits per heavy atom. The molecular weight excluding hydrogens is 485 g/mol. The van der Waals surface area contributed by atoms with Crippen molar-refractivity contribution in [2.75, 3.05) is 5.32 Å². The van der Waals surface area contributed by atoms with E-state index < -0.39 is 5.63 Å². The summed E-state index contributed by atoms with van der Waals surface area (Å²) in [5.41, 5.74) is 2.38. The number of anilines is 1. The highest BCUT2D eigenvalue weighted by molar-refractivity contribution is 6.36. The lowest BCUT2D eigenvalue weighted by atomic mass is 10.1. The van der Waals surface area contributed by atoms with Crippen LogP contribution in [-0.2, 0) is 4.79 Å². The fourth-order valence-electron chi connectivity index (χ4n) is 3.65. The predicted octanol–water partition coefficient (Wildman–Crippen LogP) is 7.68. The molecule has 0 bridgehead atoms. The summed E-state index contributed by atoms with van der Waals surface area (Å²) in [6.07, 6.45) is 2.92. The minimum absolute atomic E-state index is 0.352. The maximum atomic E-state index is 12.5. The van der Waals surface area contributed by atoms with Crippen molar-refractivity contribution in [1.82, 2.24) is 0 Å². The number of carbonyl (C=O) groups excluding carboxylic acids is 1. The first-order chi connectivity index (χ1) is 17.0. The van der Waals surface area contributed by atoms with Crippen molar-refractivity contribution in [3.8, 4) is 22.5 Å². The Balaban J connectivity index is 1.32. The van der Waals surface area contributed by atoms with Crippen LogP contribution in [0.3, 0.4) is 0 Å². The van der Waals surface area contributed by atoms with Crippen LogP contribution in [-0.4, -0.2) is 5.91 Å². The number of benzene rings is 3. The molecule has 172 valence electrons. The number of para-hydroxylation sites is 1. The number of carbonyl (C=O) groups is 1. The van der Waals surface area contributed by atoms with Crippen LogP contribution in [0, 0.1) is 0 Å². The smallest absolute Gasteiger partial charge is 0.344 e. The molecule has 0 unspecified atom stereocenters. The van der Waals surface area contributed by atoms with E-state index in [0.29, 0.717) is 49.5 Å². The van der Waals surface area contributed by atoms with E-state index in [9.17, 15) is 9.59 Å². The Hall–Kier alpha value is -4.06. The maximum Gasteiger partial charge on any atom is 0.344 e. The van der Waals surface area contributed by atoms with E-state index >= 15 is 0 Å². The molecule has 0 aliphatic heterocycles. The molecule has 7 heteroatoms. The minimum Gasteiger partial charge on any atom is -0.457 e. The molecule has 0 fully saturated rings. The van der Waals surface area contributed by atoms with Crippen LogP contribution in [0.1, 0.15) is 5.76 Å². The standard InChI is InChI=1S/C28H17Cl2NO4/c29-19-8-11-22(24(30)16-19)26-12-9-21(34-26)10-13-27(32)31-20-6-3-5-17(14-20)23-15-18-4-1-2-7-25(18)35-28(23)33/h1-16H,(H,31,32)/b13-10+. The second-order valence-electron chi connectivity index (χ2n) is 7.71. The van der Waals surface area contributed by atoms with Gasteiger partial charge in [0.2, 0.25) is 5.91 Å². The van der Waals surface area contributed by atoms with Crippen molar-refractivity contribution < 1.29 is 13.6 Å². The number of nitrogens with one attached hydrogen (secondary N) is 1. The fraction of sp³-hybridized carbons (Fsp3) is 0. The summed E-state index contributed by atoms with van der Waals surface area (Å²) in [6, 6.07) is 24.7. The van der Waals surface area contributed by atoms with E-state index in [4.69, 9.17) is 32.0 Å². The molecule has 0 aliphatic rings. The van der Waals surface area contributed by atoms with E-state index in [1.807, 2.05) is 18.2 Å². The van der Waals surface area contributed by atoms with Crippen LogP contribution >= 0.6 is 23.2 Å². The zero-order valence-corrected chi connectivity index (χ0v) is 19.6. The molecule has 5 aromatic rings. The molecule has 1 amide bonds. The van der Waals surface area contributed by atoms with Gasteiger partial charge in [0.25, 0.3) is 0 Å². The lowest BCUT2D eigenvalue weighted by molar-refractivity contribution is -0.111. The van der Waals surface area contributed by atoms with Crippen molar-refractivity contribution >= 4 is 51.8 Å². The van der Waals surface area contributed by atoms with Crippen LogP contribution in [0.4, 0.5) is 5.69 Å². The van der Waals surface area contributed by atoms with Gasteiger partial charge in [-0.2, -0.15) is 0 Å². The highest BCUT2D eigenvalue weighted by atomic mass is 35.5. The number of rotatable bonds is 5. The molecule has 1 N–H and O–H groups in total. The fourth-order valence-corrected chi connectivity index (χ4v) is 4.15. The lowest BCUT2D eigenvalue weighted by Gasteiger charge is -2.06. The zero-order valence-electron chi connectivity index (χ0n) is 18.1. The van der Waals surface area contributed by atoms with Crippen LogP contribution in [0.5, 0.6) is 0 Å². The van der Waals surface area contributed by atoms with E-state index in [-0.39, 0.29) is 5.91 Å². The highest BCUT2D eigenvalue weighted by Crippen LogP contribution is 2.32. The number of furan rings is 1. The van der Waals surface area contributed by atoms with Gasteiger partial charge in [-0.25, -0.2) is 4.79 Å². The molecular formula is C28H17Cl2NO4. The van der Waals surface area contributed by atoms with E-state index in [1.165, 1.54) is 6.08 Å². The van der Waals surface area contributed by atoms with E-state index in [0.717, 1.165) is 5.39 Å². The molecule has 0 radical (unpaired) electrons. The van der Waals surface area contributed by atoms with Gasteiger partial charge in [-0.3, -0.25) is 4.79 Å². The molecule has 2 aromatic heterocycles. The van der Waals surface area contributed by atoms with Crippen molar-refractivity contribution in [2.24, 2.45) is 0 Å². The van der Waals surface area contributed by atoms with Gasteiger partial charge in [0.1, 0.15) is 17.1 Å². The molecule has 5 rings (SSSR count). The molecule has 0 aliphatic carbocycles. The maximum absolute atomic E-state index is 12.5. The summed E-state index contributed by atoms with van der Waals surface area (Å²) in [7, 11) is 0. The Bertz CT molecular complexity index is 1650. The Morgan fingerprint density at radius 3 is 2.54 bits per heavy atom. The molecule has 3 aromatic carbocycles. The topological polar surface area (TPSA) is 72.5 Å². The van der Waals surface area contributed by atoms with E-state index in [2.05, 4.69) is 5.32 Å². The van der Waals surface area contributed by atoms with Crippen LogP contribution in [0.15, 0.2) is 105 Å². The minimum atomic E-state index is -0.443.